The van der Waals surface area contributed by atoms with Crippen LogP contribution in [0, 0.1) is 0 Å². The highest BCUT2D eigenvalue weighted by molar-refractivity contribution is 5.13. The first-order valence-corrected chi connectivity index (χ1v) is 7.76. The van der Waals surface area contributed by atoms with Crippen molar-refractivity contribution in [3.63, 3.8) is 0 Å². The second kappa shape index (κ2) is 5.25. The van der Waals surface area contributed by atoms with Gasteiger partial charge in [-0.2, -0.15) is 0 Å². The molecule has 2 atom stereocenters. The van der Waals surface area contributed by atoms with Gasteiger partial charge in [0.05, 0.1) is 17.9 Å². The fourth-order valence-electron chi connectivity index (χ4n) is 3.58. The zero-order valence-electron chi connectivity index (χ0n) is 12.2. The molecule has 1 fully saturated rings. The first-order valence-electron chi connectivity index (χ1n) is 7.76. The molecule has 0 saturated carbocycles. The fraction of sp³-hybridized carbons (Fsp3) is 0.800. The molecule has 106 valence electrons. The maximum atomic E-state index is 6.19. The molecule has 0 bridgehead atoms. The van der Waals surface area contributed by atoms with E-state index < -0.39 is 0 Å². The van der Waals surface area contributed by atoms with Crippen molar-refractivity contribution in [3.8, 4) is 0 Å². The molecule has 2 aliphatic rings. The minimum Gasteiger partial charge on any atom is -0.319 e. The molecule has 19 heavy (non-hydrogen) atoms. The van der Waals surface area contributed by atoms with Gasteiger partial charge in [-0.1, -0.05) is 6.42 Å². The molecule has 1 aromatic heterocycles. The Hall–Kier alpha value is -0.870. The van der Waals surface area contributed by atoms with Crippen molar-refractivity contribution >= 4 is 0 Å². The molecule has 0 spiro atoms. The lowest BCUT2D eigenvalue weighted by Crippen LogP contribution is -2.38. The van der Waals surface area contributed by atoms with Gasteiger partial charge in [0.25, 0.3) is 0 Å². The van der Waals surface area contributed by atoms with Gasteiger partial charge >= 0.3 is 0 Å². The number of piperidine rings is 1. The van der Waals surface area contributed by atoms with Gasteiger partial charge in [-0.3, -0.25) is 4.90 Å². The number of hydrogen-bond donors (Lipinski definition) is 1. The Bertz CT molecular complexity index is 437. The van der Waals surface area contributed by atoms with E-state index in [1.165, 1.54) is 43.7 Å². The third-order valence-electron chi connectivity index (χ3n) is 4.63. The van der Waals surface area contributed by atoms with Gasteiger partial charge in [0.1, 0.15) is 5.82 Å². The monoisotopic (exact) mass is 262 g/mol. The van der Waals surface area contributed by atoms with E-state index in [1.54, 1.807) is 0 Å². The summed E-state index contributed by atoms with van der Waals surface area (Å²) in [6.07, 6.45) is 9.60. The highest BCUT2D eigenvalue weighted by Gasteiger charge is 2.29. The Morgan fingerprint density at radius 2 is 2.11 bits per heavy atom. The molecular formula is C15H26N4. The summed E-state index contributed by atoms with van der Waals surface area (Å²) in [5.41, 5.74) is 7.44. The Balaban J connectivity index is 1.88. The van der Waals surface area contributed by atoms with E-state index >= 15 is 0 Å². The normalized spacial score (nSPS) is 28.6. The number of hydrogen-bond acceptors (Lipinski definition) is 3. The number of likely N-dealkylation sites (tertiary alicyclic amines) is 1. The van der Waals surface area contributed by atoms with Gasteiger partial charge in [-0.05, 0) is 46.1 Å². The topological polar surface area (TPSA) is 47.1 Å². The number of rotatable bonds is 2. The van der Waals surface area contributed by atoms with E-state index in [2.05, 4.69) is 29.5 Å². The summed E-state index contributed by atoms with van der Waals surface area (Å²) < 4.78 is 2.21. The number of imidazole rings is 1. The van der Waals surface area contributed by atoms with Crippen LogP contribution in [0.4, 0.5) is 0 Å². The summed E-state index contributed by atoms with van der Waals surface area (Å²) in [6.45, 7) is 5.79. The van der Waals surface area contributed by atoms with E-state index in [4.69, 9.17) is 10.7 Å². The van der Waals surface area contributed by atoms with Gasteiger partial charge in [-0.15, -0.1) is 0 Å². The van der Waals surface area contributed by atoms with Crippen LogP contribution >= 0.6 is 0 Å². The Morgan fingerprint density at radius 1 is 1.26 bits per heavy atom. The average Bonchev–Trinajstić information content (AvgIpc) is 2.84. The molecule has 1 saturated heterocycles. The summed E-state index contributed by atoms with van der Waals surface area (Å²) in [5, 5.41) is 0. The molecule has 3 rings (SSSR count). The van der Waals surface area contributed by atoms with Gasteiger partial charge in [-0.25, -0.2) is 4.98 Å². The van der Waals surface area contributed by atoms with Crippen LogP contribution in [0.15, 0.2) is 6.20 Å². The Morgan fingerprint density at radius 3 is 2.84 bits per heavy atom. The molecule has 0 aliphatic carbocycles. The van der Waals surface area contributed by atoms with Crippen molar-refractivity contribution < 1.29 is 0 Å². The van der Waals surface area contributed by atoms with Crippen LogP contribution in [0.3, 0.4) is 0 Å². The number of nitrogens with two attached hydrogens (primary N) is 1. The average molecular weight is 262 g/mol. The van der Waals surface area contributed by atoms with Crippen molar-refractivity contribution in [1.82, 2.24) is 14.5 Å². The summed E-state index contributed by atoms with van der Waals surface area (Å²) in [7, 11) is 0. The minimum absolute atomic E-state index is 0.140. The number of fused-ring (bicyclic) bond motifs is 1. The SMILES string of the molecule is CC(C)N1CCCCC1c1cn2c(n1)CCCC2N. The van der Waals surface area contributed by atoms with Crippen LogP contribution in [0.5, 0.6) is 0 Å². The zero-order chi connectivity index (χ0) is 13.4. The second-order valence-corrected chi connectivity index (χ2v) is 6.29. The molecule has 0 radical (unpaired) electrons. The zero-order valence-corrected chi connectivity index (χ0v) is 12.2. The molecule has 2 aliphatic heterocycles. The summed E-state index contributed by atoms with van der Waals surface area (Å²) in [4.78, 5) is 7.50. The molecule has 0 aromatic carbocycles. The van der Waals surface area contributed by atoms with E-state index in [1.807, 2.05) is 0 Å². The second-order valence-electron chi connectivity index (χ2n) is 6.29. The van der Waals surface area contributed by atoms with Crippen LogP contribution < -0.4 is 5.73 Å². The van der Waals surface area contributed by atoms with E-state index in [-0.39, 0.29) is 6.17 Å². The lowest BCUT2D eigenvalue weighted by molar-refractivity contribution is 0.109. The van der Waals surface area contributed by atoms with Crippen molar-refractivity contribution in [2.24, 2.45) is 5.73 Å². The maximum Gasteiger partial charge on any atom is 0.110 e. The van der Waals surface area contributed by atoms with Gasteiger partial charge in [0.2, 0.25) is 0 Å². The molecule has 4 heteroatoms. The number of nitrogens with zero attached hydrogens (tertiary/aromatic N) is 3. The Kier molecular flexibility index (Phi) is 3.63. The molecule has 3 heterocycles. The molecule has 4 nitrogen and oxygen atoms in total. The van der Waals surface area contributed by atoms with E-state index in [9.17, 15) is 0 Å². The third kappa shape index (κ3) is 2.43. The highest BCUT2D eigenvalue weighted by atomic mass is 15.2. The predicted octanol–water partition coefficient (Wildman–Crippen LogP) is 2.61. The minimum atomic E-state index is 0.140. The maximum absolute atomic E-state index is 6.19. The molecular weight excluding hydrogens is 236 g/mol. The van der Waals surface area contributed by atoms with Crippen molar-refractivity contribution in [1.29, 1.82) is 0 Å². The van der Waals surface area contributed by atoms with Crippen LogP contribution in [0.2, 0.25) is 0 Å². The smallest absolute Gasteiger partial charge is 0.110 e. The van der Waals surface area contributed by atoms with Crippen molar-refractivity contribution in [2.45, 2.75) is 70.6 Å². The summed E-state index contributed by atoms with van der Waals surface area (Å²) >= 11 is 0. The molecule has 1 aromatic rings. The fourth-order valence-corrected chi connectivity index (χ4v) is 3.58. The molecule has 2 N–H and O–H groups in total. The highest BCUT2D eigenvalue weighted by Crippen LogP contribution is 2.33. The van der Waals surface area contributed by atoms with Crippen LogP contribution in [0.1, 0.15) is 69.7 Å². The first kappa shape index (κ1) is 13.1. The lowest BCUT2D eigenvalue weighted by Gasteiger charge is -2.37. The van der Waals surface area contributed by atoms with E-state index in [0.717, 1.165) is 12.8 Å². The first-order chi connectivity index (χ1) is 9.16. The largest absolute Gasteiger partial charge is 0.319 e. The van der Waals surface area contributed by atoms with Gasteiger partial charge in [0, 0.05) is 18.7 Å². The van der Waals surface area contributed by atoms with E-state index in [0.29, 0.717) is 12.1 Å². The van der Waals surface area contributed by atoms with Crippen LogP contribution in [-0.2, 0) is 6.42 Å². The van der Waals surface area contributed by atoms with Crippen LogP contribution in [-0.4, -0.2) is 27.0 Å². The number of aryl methyl sites for hydroxylation is 1. The van der Waals surface area contributed by atoms with Crippen molar-refractivity contribution in [3.05, 3.63) is 17.7 Å². The third-order valence-corrected chi connectivity index (χ3v) is 4.63. The number of aromatic nitrogens is 2. The lowest BCUT2D eigenvalue weighted by atomic mass is 9.98. The Labute approximate surface area is 116 Å². The van der Waals surface area contributed by atoms with Crippen molar-refractivity contribution in [2.75, 3.05) is 6.54 Å². The summed E-state index contributed by atoms with van der Waals surface area (Å²) in [6, 6.07) is 1.09. The quantitative estimate of drug-likeness (QED) is 0.891. The summed E-state index contributed by atoms with van der Waals surface area (Å²) in [5.74, 6) is 1.20. The van der Waals surface area contributed by atoms with Gasteiger partial charge in [0.15, 0.2) is 0 Å². The molecule has 0 amide bonds. The standard InChI is InChI=1S/C15H26N4/c1-11(2)18-9-4-3-6-13(18)12-10-19-14(16)7-5-8-15(19)17-12/h10-11,13-14H,3-9,16H2,1-2H3. The van der Waals surface area contributed by atoms with Gasteiger partial charge < -0.3 is 10.3 Å². The van der Waals surface area contributed by atoms with Crippen LogP contribution in [0.25, 0.3) is 0 Å². The predicted molar refractivity (Wildman–Crippen MR) is 76.8 cm³/mol. The molecule has 2 unspecified atom stereocenters.